The number of hydrogen-bond acceptors (Lipinski definition) is 2. The second kappa shape index (κ2) is 3.85. The maximum atomic E-state index is 12.3. The van der Waals surface area contributed by atoms with Crippen molar-refractivity contribution < 1.29 is 8.78 Å². The first-order valence-corrected chi connectivity index (χ1v) is 3.84. The summed E-state index contributed by atoms with van der Waals surface area (Å²) in [5, 5.41) is -0.257. The van der Waals surface area contributed by atoms with E-state index in [0.29, 0.717) is 0 Å². The molecule has 0 saturated carbocycles. The Morgan fingerprint density at radius 1 is 1.62 bits per heavy atom. The molecule has 13 heavy (non-hydrogen) atoms. The summed E-state index contributed by atoms with van der Waals surface area (Å²) in [5.41, 5.74) is 3.67. The highest BCUT2D eigenvalue weighted by molar-refractivity contribution is 6.30. The van der Waals surface area contributed by atoms with Gasteiger partial charge in [0.15, 0.2) is 0 Å². The van der Waals surface area contributed by atoms with Gasteiger partial charge in [0.05, 0.1) is 5.56 Å². The molecule has 0 unspecified atom stereocenters. The van der Waals surface area contributed by atoms with E-state index in [9.17, 15) is 13.6 Å². The van der Waals surface area contributed by atoms with Gasteiger partial charge in [0, 0.05) is 18.4 Å². The van der Waals surface area contributed by atoms with Gasteiger partial charge >= 0.3 is 0 Å². The van der Waals surface area contributed by atoms with E-state index in [2.05, 4.69) is 4.98 Å². The van der Waals surface area contributed by atoms with Crippen LogP contribution >= 0.6 is 11.6 Å². The smallest absolute Gasteiger partial charge is 0.269 e. The lowest BCUT2D eigenvalue weighted by atomic mass is 10.2. The van der Waals surface area contributed by atoms with Crippen LogP contribution in [0.5, 0.6) is 0 Å². The number of aromatic nitrogens is 1. The number of pyridine rings is 1. The van der Waals surface area contributed by atoms with Crippen molar-refractivity contribution in [1.29, 1.82) is 0 Å². The largest absolute Gasteiger partial charge is 0.362 e. The lowest BCUT2D eigenvalue weighted by Gasteiger charge is -2.05. The Kier molecular flexibility index (Phi) is 3.00. The molecule has 0 bridgehead atoms. The summed E-state index contributed by atoms with van der Waals surface area (Å²) in [4.78, 5) is 13.5. The molecule has 0 atom stereocenters. The summed E-state index contributed by atoms with van der Waals surface area (Å²) in [6, 6.07) is 0. The molecule has 6 heteroatoms. The van der Waals surface area contributed by atoms with Gasteiger partial charge in [0.2, 0.25) is 5.43 Å². The number of alkyl halides is 2. The molecular weight excluding hydrogens is 202 g/mol. The van der Waals surface area contributed by atoms with Crippen molar-refractivity contribution in [2.45, 2.75) is 13.0 Å². The van der Waals surface area contributed by atoms with Gasteiger partial charge in [-0.25, -0.2) is 8.78 Å². The minimum atomic E-state index is -2.86. The van der Waals surface area contributed by atoms with E-state index < -0.39 is 17.4 Å². The molecule has 0 saturated heterocycles. The Balaban J connectivity index is 3.42. The zero-order chi connectivity index (χ0) is 10.0. The van der Waals surface area contributed by atoms with Crippen molar-refractivity contribution in [1.82, 2.24) is 4.98 Å². The highest BCUT2D eigenvalue weighted by Crippen LogP contribution is 2.19. The third-order valence-corrected chi connectivity index (χ3v) is 1.86. The molecule has 1 aromatic heterocycles. The lowest BCUT2D eigenvalue weighted by molar-refractivity contribution is 0.148. The zero-order valence-electron chi connectivity index (χ0n) is 6.48. The minimum absolute atomic E-state index is 0.0180. The maximum Gasteiger partial charge on any atom is 0.269 e. The third kappa shape index (κ3) is 1.87. The predicted octanol–water partition coefficient (Wildman–Crippen LogP) is 1.42. The molecule has 0 amide bonds. The average molecular weight is 209 g/mol. The summed E-state index contributed by atoms with van der Waals surface area (Å²) in [6.07, 6.45) is -1.71. The van der Waals surface area contributed by atoms with Crippen molar-refractivity contribution in [3.8, 4) is 0 Å². The molecular formula is C7H7ClF2N2O. The predicted molar refractivity (Wildman–Crippen MR) is 44.9 cm³/mol. The number of nitrogens with one attached hydrogen (secondary N) is 1. The summed E-state index contributed by atoms with van der Waals surface area (Å²) in [5.74, 6) is 0. The maximum absolute atomic E-state index is 12.3. The van der Waals surface area contributed by atoms with Gasteiger partial charge in [-0.2, -0.15) is 0 Å². The third-order valence-electron chi connectivity index (χ3n) is 1.58. The van der Waals surface area contributed by atoms with E-state index in [0.717, 1.165) is 6.20 Å². The van der Waals surface area contributed by atoms with Crippen LogP contribution in [0.25, 0.3) is 0 Å². The number of hydrogen-bond donors (Lipinski definition) is 2. The number of H-pyrrole nitrogens is 1. The van der Waals surface area contributed by atoms with Crippen LogP contribution in [0.2, 0.25) is 5.02 Å². The van der Waals surface area contributed by atoms with Gasteiger partial charge < -0.3 is 10.7 Å². The molecule has 0 radical (unpaired) electrons. The molecule has 0 spiro atoms. The number of halogens is 3. The minimum Gasteiger partial charge on any atom is -0.362 e. The average Bonchev–Trinajstić information content (AvgIpc) is 2.08. The molecule has 1 aromatic rings. The fraction of sp³-hybridized carbons (Fsp3) is 0.286. The number of aromatic amines is 1. The quantitative estimate of drug-likeness (QED) is 0.772. The normalized spacial score (nSPS) is 10.8. The second-order valence-electron chi connectivity index (χ2n) is 2.36. The molecule has 3 nitrogen and oxygen atoms in total. The number of rotatable bonds is 2. The van der Waals surface area contributed by atoms with Crippen LogP contribution in [0.3, 0.4) is 0 Å². The fourth-order valence-electron chi connectivity index (χ4n) is 0.959. The Bertz CT molecular complexity index is 364. The molecule has 3 N–H and O–H groups in total. The molecule has 1 rings (SSSR count). The Hall–Kier alpha value is -0.940. The Morgan fingerprint density at radius 2 is 2.23 bits per heavy atom. The van der Waals surface area contributed by atoms with Gasteiger partial charge in [0.25, 0.3) is 6.43 Å². The Labute approximate surface area is 77.5 Å². The van der Waals surface area contributed by atoms with Crippen molar-refractivity contribution in [3.05, 3.63) is 32.7 Å². The van der Waals surface area contributed by atoms with Gasteiger partial charge in [-0.05, 0) is 0 Å². The standard InChI is InChI=1S/C7H7ClF2N2O/c8-3-2-12-4(1-11)5(6(3)13)7(9)10/h2,7H,1,11H2,(H,12,13). The van der Waals surface area contributed by atoms with Crippen LogP contribution in [0.4, 0.5) is 8.78 Å². The van der Waals surface area contributed by atoms with E-state index in [-0.39, 0.29) is 17.3 Å². The number of nitrogens with two attached hydrogens (primary N) is 1. The van der Waals surface area contributed by atoms with Crippen LogP contribution in [0.15, 0.2) is 11.0 Å². The van der Waals surface area contributed by atoms with Crippen molar-refractivity contribution in [2.75, 3.05) is 0 Å². The summed E-state index contributed by atoms with van der Waals surface area (Å²) < 4.78 is 24.6. The van der Waals surface area contributed by atoms with Gasteiger partial charge in [-0.1, -0.05) is 11.6 Å². The molecule has 0 aliphatic heterocycles. The molecule has 0 aromatic carbocycles. The Morgan fingerprint density at radius 3 is 2.69 bits per heavy atom. The van der Waals surface area contributed by atoms with E-state index in [1.807, 2.05) is 0 Å². The molecule has 0 fully saturated rings. The van der Waals surface area contributed by atoms with Gasteiger partial charge in [0.1, 0.15) is 5.02 Å². The van der Waals surface area contributed by atoms with E-state index in [1.165, 1.54) is 0 Å². The highest BCUT2D eigenvalue weighted by Gasteiger charge is 2.18. The summed E-state index contributed by atoms with van der Waals surface area (Å²) >= 11 is 5.37. The summed E-state index contributed by atoms with van der Waals surface area (Å²) in [6.45, 7) is -0.147. The van der Waals surface area contributed by atoms with Crippen LogP contribution in [-0.4, -0.2) is 4.98 Å². The molecule has 0 aliphatic carbocycles. The zero-order valence-corrected chi connectivity index (χ0v) is 7.24. The molecule has 0 aliphatic rings. The fourth-order valence-corrected chi connectivity index (χ4v) is 1.12. The van der Waals surface area contributed by atoms with Crippen molar-refractivity contribution >= 4 is 11.6 Å². The van der Waals surface area contributed by atoms with Crippen molar-refractivity contribution in [3.63, 3.8) is 0 Å². The first-order valence-electron chi connectivity index (χ1n) is 3.46. The van der Waals surface area contributed by atoms with Gasteiger partial charge in [-0.15, -0.1) is 0 Å². The summed E-state index contributed by atoms with van der Waals surface area (Å²) in [7, 11) is 0. The van der Waals surface area contributed by atoms with Crippen LogP contribution < -0.4 is 11.2 Å². The molecule has 1 heterocycles. The second-order valence-corrected chi connectivity index (χ2v) is 2.77. The monoisotopic (exact) mass is 208 g/mol. The van der Waals surface area contributed by atoms with Crippen LogP contribution in [0, 0.1) is 0 Å². The lowest BCUT2D eigenvalue weighted by Crippen LogP contribution is -2.17. The van der Waals surface area contributed by atoms with E-state index in [4.69, 9.17) is 17.3 Å². The van der Waals surface area contributed by atoms with Gasteiger partial charge in [-0.3, -0.25) is 4.79 Å². The van der Waals surface area contributed by atoms with Crippen molar-refractivity contribution in [2.24, 2.45) is 5.73 Å². The van der Waals surface area contributed by atoms with Crippen LogP contribution in [0.1, 0.15) is 17.7 Å². The van der Waals surface area contributed by atoms with Crippen LogP contribution in [-0.2, 0) is 6.54 Å². The highest BCUT2D eigenvalue weighted by atomic mass is 35.5. The SMILES string of the molecule is NCc1[nH]cc(Cl)c(=O)c1C(F)F. The topological polar surface area (TPSA) is 58.9 Å². The first kappa shape index (κ1) is 10.1. The first-order chi connectivity index (χ1) is 6.07. The van der Waals surface area contributed by atoms with E-state index >= 15 is 0 Å². The molecule has 72 valence electrons. The van der Waals surface area contributed by atoms with E-state index in [1.54, 1.807) is 0 Å².